The molecule has 0 spiro atoms. The number of hydrogen-bond acceptors (Lipinski definition) is 2. The number of rotatable bonds is 4. The van der Waals surface area contributed by atoms with Crippen molar-refractivity contribution in [2.45, 2.75) is 10.1 Å². The molecule has 18 heavy (non-hydrogen) atoms. The second-order valence-electron chi connectivity index (χ2n) is 3.82. The first kappa shape index (κ1) is 13.6. The molecule has 4 heteroatoms. The molecule has 0 aliphatic heterocycles. The third-order valence-corrected chi connectivity index (χ3v) is 4.52. The predicted octanol–water partition coefficient (Wildman–Crippen LogP) is 4.38. The minimum Gasteiger partial charge on any atom is -0.329 e. The van der Waals surface area contributed by atoms with Gasteiger partial charge in [-0.25, -0.2) is 4.39 Å². The van der Waals surface area contributed by atoms with Crippen LogP contribution in [0.2, 0.25) is 0 Å². The smallest absolute Gasteiger partial charge is 0.124 e. The Morgan fingerprint density at radius 2 is 1.94 bits per heavy atom. The average Bonchev–Trinajstić information content (AvgIpc) is 2.37. The summed E-state index contributed by atoms with van der Waals surface area (Å²) in [6, 6.07) is 14.6. The van der Waals surface area contributed by atoms with E-state index in [9.17, 15) is 4.39 Å². The van der Waals surface area contributed by atoms with Crippen LogP contribution in [0, 0.1) is 5.82 Å². The number of hydrogen-bond donors (Lipinski definition) is 1. The van der Waals surface area contributed by atoms with Crippen molar-refractivity contribution >= 4 is 27.7 Å². The van der Waals surface area contributed by atoms with Crippen molar-refractivity contribution in [3.63, 3.8) is 0 Å². The Balaban J connectivity index is 2.23. The summed E-state index contributed by atoms with van der Waals surface area (Å²) in [5.74, 6) is -0.220. The van der Waals surface area contributed by atoms with Gasteiger partial charge in [-0.2, -0.15) is 0 Å². The van der Waals surface area contributed by atoms with E-state index in [1.807, 2.05) is 30.3 Å². The van der Waals surface area contributed by atoms with Gasteiger partial charge >= 0.3 is 0 Å². The van der Waals surface area contributed by atoms with E-state index in [-0.39, 0.29) is 11.1 Å². The molecule has 2 rings (SSSR count). The van der Waals surface area contributed by atoms with Crippen molar-refractivity contribution in [1.29, 1.82) is 0 Å². The van der Waals surface area contributed by atoms with E-state index in [1.54, 1.807) is 17.8 Å². The lowest BCUT2D eigenvalue weighted by atomic mass is 10.1. The van der Waals surface area contributed by atoms with E-state index < -0.39 is 0 Å². The van der Waals surface area contributed by atoms with Gasteiger partial charge in [0.1, 0.15) is 5.82 Å². The van der Waals surface area contributed by atoms with Crippen LogP contribution < -0.4 is 5.73 Å². The van der Waals surface area contributed by atoms with E-state index in [4.69, 9.17) is 5.73 Å². The zero-order valence-electron chi connectivity index (χ0n) is 9.64. The van der Waals surface area contributed by atoms with E-state index in [1.165, 1.54) is 12.1 Å². The fraction of sp³-hybridized carbons (Fsp3) is 0.143. The molecular formula is C14H13BrFNS. The highest BCUT2D eigenvalue weighted by Crippen LogP contribution is 2.37. The van der Waals surface area contributed by atoms with Crippen molar-refractivity contribution in [3.8, 4) is 0 Å². The highest BCUT2D eigenvalue weighted by atomic mass is 79.9. The van der Waals surface area contributed by atoms with Crippen molar-refractivity contribution < 1.29 is 4.39 Å². The molecule has 0 aliphatic rings. The lowest BCUT2D eigenvalue weighted by molar-refractivity contribution is 0.624. The fourth-order valence-electron chi connectivity index (χ4n) is 1.68. The Kier molecular flexibility index (Phi) is 4.80. The van der Waals surface area contributed by atoms with E-state index in [0.29, 0.717) is 6.54 Å². The maximum atomic E-state index is 13.1. The van der Waals surface area contributed by atoms with Crippen LogP contribution in [-0.2, 0) is 0 Å². The number of benzene rings is 2. The first-order chi connectivity index (χ1) is 8.70. The molecule has 2 aromatic carbocycles. The van der Waals surface area contributed by atoms with Crippen LogP contribution in [0.4, 0.5) is 4.39 Å². The molecule has 2 aromatic rings. The molecule has 0 saturated carbocycles. The summed E-state index contributed by atoms with van der Waals surface area (Å²) in [5.41, 5.74) is 6.96. The van der Waals surface area contributed by atoms with Crippen molar-refractivity contribution in [2.75, 3.05) is 6.54 Å². The van der Waals surface area contributed by atoms with E-state index in [2.05, 4.69) is 15.9 Å². The molecule has 0 bridgehead atoms. The first-order valence-electron chi connectivity index (χ1n) is 5.57. The Morgan fingerprint density at radius 1 is 1.17 bits per heavy atom. The Hall–Kier alpha value is -0.840. The number of thioether (sulfide) groups is 1. The van der Waals surface area contributed by atoms with E-state index >= 15 is 0 Å². The second-order valence-corrected chi connectivity index (χ2v) is 5.95. The third-order valence-electron chi connectivity index (χ3n) is 2.54. The summed E-state index contributed by atoms with van der Waals surface area (Å²) in [7, 11) is 0. The van der Waals surface area contributed by atoms with Crippen LogP contribution >= 0.6 is 27.7 Å². The number of halogens is 2. The second kappa shape index (κ2) is 6.36. The molecule has 0 fully saturated rings. The van der Waals surface area contributed by atoms with Gasteiger partial charge in [0.15, 0.2) is 0 Å². The summed E-state index contributed by atoms with van der Waals surface area (Å²) < 4.78 is 14.2. The standard InChI is InChI=1S/C14H13BrFNS/c15-13-7-2-1-6-12(13)14(9-17)18-11-5-3-4-10(16)8-11/h1-8,14H,9,17H2. The van der Waals surface area contributed by atoms with Gasteiger partial charge in [0, 0.05) is 21.2 Å². The van der Waals surface area contributed by atoms with Gasteiger partial charge in [-0.05, 0) is 29.8 Å². The van der Waals surface area contributed by atoms with Crippen LogP contribution in [0.3, 0.4) is 0 Å². The van der Waals surface area contributed by atoms with Crippen molar-refractivity contribution in [2.24, 2.45) is 5.73 Å². The minimum atomic E-state index is -0.220. The topological polar surface area (TPSA) is 26.0 Å². The normalized spacial score (nSPS) is 12.4. The fourth-order valence-corrected chi connectivity index (χ4v) is 3.49. The molecule has 0 aliphatic carbocycles. The molecule has 1 atom stereocenters. The zero-order valence-corrected chi connectivity index (χ0v) is 12.0. The summed E-state index contributed by atoms with van der Waals surface area (Å²) >= 11 is 5.10. The molecule has 0 heterocycles. The van der Waals surface area contributed by atoms with Gasteiger partial charge in [-0.15, -0.1) is 11.8 Å². The molecule has 1 unspecified atom stereocenters. The van der Waals surface area contributed by atoms with E-state index in [0.717, 1.165) is 14.9 Å². The van der Waals surface area contributed by atoms with Crippen LogP contribution in [0.15, 0.2) is 57.9 Å². The van der Waals surface area contributed by atoms with Crippen LogP contribution in [-0.4, -0.2) is 6.54 Å². The van der Waals surface area contributed by atoms with Crippen LogP contribution in [0.1, 0.15) is 10.8 Å². The van der Waals surface area contributed by atoms with Crippen molar-refractivity contribution in [3.05, 3.63) is 64.4 Å². The van der Waals surface area contributed by atoms with Gasteiger partial charge in [-0.3, -0.25) is 0 Å². The summed E-state index contributed by atoms with van der Waals surface area (Å²) in [6.07, 6.45) is 0. The molecule has 0 aromatic heterocycles. The highest BCUT2D eigenvalue weighted by molar-refractivity contribution is 9.10. The van der Waals surface area contributed by atoms with Crippen molar-refractivity contribution in [1.82, 2.24) is 0 Å². The molecule has 94 valence electrons. The average molecular weight is 326 g/mol. The molecule has 2 N–H and O–H groups in total. The molecule has 0 saturated heterocycles. The maximum absolute atomic E-state index is 13.1. The lowest BCUT2D eigenvalue weighted by Crippen LogP contribution is -2.09. The zero-order chi connectivity index (χ0) is 13.0. The minimum absolute atomic E-state index is 0.113. The summed E-state index contributed by atoms with van der Waals surface area (Å²) in [5, 5.41) is 0.113. The third kappa shape index (κ3) is 3.34. The Morgan fingerprint density at radius 3 is 2.61 bits per heavy atom. The lowest BCUT2D eigenvalue weighted by Gasteiger charge is -2.16. The maximum Gasteiger partial charge on any atom is 0.124 e. The Labute approximate surface area is 119 Å². The van der Waals surface area contributed by atoms with Gasteiger partial charge in [-0.1, -0.05) is 40.2 Å². The predicted molar refractivity (Wildman–Crippen MR) is 78.2 cm³/mol. The van der Waals surface area contributed by atoms with Gasteiger partial charge in [0.25, 0.3) is 0 Å². The highest BCUT2D eigenvalue weighted by Gasteiger charge is 2.14. The van der Waals surface area contributed by atoms with Crippen LogP contribution in [0.25, 0.3) is 0 Å². The van der Waals surface area contributed by atoms with Crippen LogP contribution in [0.5, 0.6) is 0 Å². The Bertz CT molecular complexity index is 533. The quantitative estimate of drug-likeness (QED) is 0.844. The molecular weight excluding hydrogens is 313 g/mol. The van der Waals surface area contributed by atoms with Gasteiger partial charge < -0.3 is 5.73 Å². The largest absolute Gasteiger partial charge is 0.329 e. The number of nitrogens with two attached hydrogens (primary N) is 1. The monoisotopic (exact) mass is 325 g/mol. The summed E-state index contributed by atoms with van der Waals surface area (Å²) in [6.45, 7) is 0.504. The SMILES string of the molecule is NCC(Sc1cccc(F)c1)c1ccccc1Br. The summed E-state index contributed by atoms with van der Waals surface area (Å²) in [4.78, 5) is 0.890. The van der Waals surface area contributed by atoms with Gasteiger partial charge in [0.2, 0.25) is 0 Å². The van der Waals surface area contributed by atoms with Gasteiger partial charge in [0.05, 0.1) is 0 Å². The first-order valence-corrected chi connectivity index (χ1v) is 7.24. The molecule has 1 nitrogen and oxygen atoms in total. The molecule has 0 radical (unpaired) electrons. The molecule has 0 amide bonds.